The molecule has 1 aromatic carbocycles. The van der Waals surface area contributed by atoms with Crippen molar-refractivity contribution in [3.05, 3.63) is 77.6 Å². The number of anilines is 1. The molecule has 166 valence electrons. The highest BCUT2D eigenvalue weighted by Gasteiger charge is 2.47. The maximum absolute atomic E-state index is 13.1. The fraction of sp³-hybridized carbons (Fsp3) is 0.400. The Morgan fingerprint density at radius 1 is 1.12 bits per heavy atom. The van der Waals surface area contributed by atoms with E-state index < -0.39 is 11.7 Å². The molecule has 1 spiro atoms. The van der Waals surface area contributed by atoms with Crippen LogP contribution in [0.2, 0.25) is 0 Å². The summed E-state index contributed by atoms with van der Waals surface area (Å²) in [7, 11) is 0. The van der Waals surface area contributed by atoms with E-state index in [0.29, 0.717) is 6.54 Å². The lowest BCUT2D eigenvalue weighted by molar-refractivity contribution is -0.170. The smallest absolute Gasteiger partial charge is 0.255 e. The molecule has 7 nitrogen and oxygen atoms in total. The monoisotopic (exact) mass is 431 g/mol. The third-order valence-electron chi connectivity index (χ3n) is 6.60. The highest BCUT2D eigenvalue weighted by atomic mass is 16.5. The summed E-state index contributed by atoms with van der Waals surface area (Å²) < 4.78 is 8.63. The third-order valence-corrected chi connectivity index (χ3v) is 6.60. The summed E-state index contributed by atoms with van der Waals surface area (Å²) in [6, 6.07) is 12.4. The average molecular weight is 432 g/mol. The molecular formula is C25H29N5O2. The van der Waals surface area contributed by atoms with Gasteiger partial charge in [0, 0.05) is 38.2 Å². The Kier molecular flexibility index (Phi) is 5.53. The number of pyridine rings is 1. The van der Waals surface area contributed by atoms with Crippen LogP contribution in [0.1, 0.15) is 35.5 Å². The van der Waals surface area contributed by atoms with Crippen molar-refractivity contribution in [3.8, 4) is 0 Å². The summed E-state index contributed by atoms with van der Waals surface area (Å²) in [4.78, 5) is 24.4. The summed E-state index contributed by atoms with van der Waals surface area (Å²) in [6.45, 7) is 7.19. The SMILES string of the molecule is Cc1ccc(CN2CCC3(CC2)O[C@H](C(=O)Nc2cccnc2C)Cn2ccnc23)cc1. The number of nitrogens with one attached hydrogen (secondary N) is 1. The number of imidazole rings is 1. The molecule has 0 bridgehead atoms. The zero-order valence-corrected chi connectivity index (χ0v) is 18.6. The molecule has 0 radical (unpaired) electrons. The number of amides is 1. The normalized spacial score (nSPS) is 20.1. The Hall–Kier alpha value is -3.03. The number of ether oxygens (including phenoxy) is 1. The number of rotatable bonds is 4. The molecular weight excluding hydrogens is 402 g/mol. The van der Waals surface area contributed by atoms with E-state index in [9.17, 15) is 4.79 Å². The van der Waals surface area contributed by atoms with Crippen LogP contribution in [0, 0.1) is 13.8 Å². The number of carbonyl (C=O) groups is 1. The number of hydrogen-bond donors (Lipinski definition) is 1. The number of aryl methyl sites for hydroxylation is 2. The van der Waals surface area contributed by atoms with E-state index in [2.05, 4.69) is 55.9 Å². The number of likely N-dealkylation sites (tertiary alicyclic amines) is 1. The number of fused-ring (bicyclic) bond motifs is 2. The van der Waals surface area contributed by atoms with Gasteiger partial charge >= 0.3 is 0 Å². The van der Waals surface area contributed by atoms with Gasteiger partial charge in [-0.1, -0.05) is 29.8 Å². The summed E-state index contributed by atoms with van der Waals surface area (Å²) >= 11 is 0. The van der Waals surface area contributed by atoms with E-state index >= 15 is 0 Å². The molecule has 7 heteroatoms. The number of aromatic nitrogens is 3. The molecule has 0 unspecified atom stereocenters. The van der Waals surface area contributed by atoms with Gasteiger partial charge in [-0.15, -0.1) is 0 Å². The predicted molar refractivity (Wildman–Crippen MR) is 122 cm³/mol. The highest BCUT2D eigenvalue weighted by molar-refractivity contribution is 5.94. The molecule has 2 aliphatic heterocycles. The van der Waals surface area contributed by atoms with Gasteiger partial charge in [-0.2, -0.15) is 0 Å². The summed E-state index contributed by atoms with van der Waals surface area (Å²) in [6.07, 6.45) is 6.54. The van der Waals surface area contributed by atoms with E-state index in [4.69, 9.17) is 4.74 Å². The van der Waals surface area contributed by atoms with Gasteiger partial charge in [0.25, 0.3) is 5.91 Å². The topological polar surface area (TPSA) is 72.3 Å². The molecule has 1 N–H and O–H groups in total. The summed E-state index contributed by atoms with van der Waals surface area (Å²) in [5.41, 5.74) is 3.58. The number of hydrogen-bond acceptors (Lipinski definition) is 5. The maximum Gasteiger partial charge on any atom is 0.255 e. The Labute approximate surface area is 188 Å². The van der Waals surface area contributed by atoms with Crippen LogP contribution in [0.15, 0.2) is 55.0 Å². The molecule has 3 aromatic rings. The van der Waals surface area contributed by atoms with Crippen LogP contribution >= 0.6 is 0 Å². The first kappa shape index (κ1) is 20.8. The van der Waals surface area contributed by atoms with Crippen LogP contribution in [0.25, 0.3) is 0 Å². The van der Waals surface area contributed by atoms with Crippen molar-refractivity contribution in [2.24, 2.45) is 0 Å². The summed E-state index contributed by atoms with van der Waals surface area (Å²) in [5, 5.41) is 3.00. The van der Waals surface area contributed by atoms with Gasteiger partial charge in [0.2, 0.25) is 0 Å². The van der Waals surface area contributed by atoms with Crippen molar-refractivity contribution >= 4 is 11.6 Å². The van der Waals surface area contributed by atoms with E-state index in [0.717, 1.165) is 49.7 Å². The third kappa shape index (κ3) is 4.06. The molecule has 0 saturated carbocycles. The van der Waals surface area contributed by atoms with Crippen LogP contribution in [-0.4, -0.2) is 44.5 Å². The zero-order valence-electron chi connectivity index (χ0n) is 18.6. The number of piperidine rings is 1. The van der Waals surface area contributed by atoms with Crippen LogP contribution in [0.5, 0.6) is 0 Å². The minimum Gasteiger partial charge on any atom is -0.352 e. The van der Waals surface area contributed by atoms with Crippen LogP contribution < -0.4 is 5.32 Å². The van der Waals surface area contributed by atoms with E-state index in [1.165, 1.54) is 11.1 Å². The average Bonchev–Trinajstić information content (AvgIpc) is 3.28. The Bertz CT molecular complexity index is 1100. The van der Waals surface area contributed by atoms with Gasteiger partial charge in [-0.05, 0) is 44.4 Å². The molecule has 1 atom stereocenters. The van der Waals surface area contributed by atoms with Gasteiger partial charge in [-0.3, -0.25) is 14.7 Å². The fourth-order valence-electron chi connectivity index (χ4n) is 4.73. The Morgan fingerprint density at radius 2 is 1.91 bits per heavy atom. The predicted octanol–water partition coefficient (Wildman–Crippen LogP) is 3.42. The van der Waals surface area contributed by atoms with Gasteiger partial charge in [0.05, 0.1) is 17.9 Å². The highest BCUT2D eigenvalue weighted by Crippen LogP contribution is 2.40. The van der Waals surface area contributed by atoms with Gasteiger partial charge in [-0.25, -0.2) is 4.98 Å². The minimum absolute atomic E-state index is 0.137. The first-order chi connectivity index (χ1) is 15.5. The fourth-order valence-corrected chi connectivity index (χ4v) is 4.73. The summed E-state index contributed by atoms with van der Waals surface area (Å²) in [5.74, 6) is 0.802. The Balaban J connectivity index is 1.30. The standard InChI is InChI=1S/C25H29N5O2/c1-18-5-7-20(8-6-18)16-29-13-9-25(10-14-29)24-27-12-15-30(24)17-22(32-25)23(31)28-21-4-3-11-26-19(21)2/h3-8,11-12,15,22H,9-10,13-14,16-17H2,1-2H3,(H,28,31)/t22-/m0/s1. The Morgan fingerprint density at radius 3 is 2.66 bits per heavy atom. The molecule has 1 fully saturated rings. The minimum atomic E-state index is -0.569. The second kappa shape index (κ2) is 8.48. The zero-order chi connectivity index (χ0) is 22.1. The van der Waals surface area contributed by atoms with Gasteiger partial charge in [0.15, 0.2) is 6.10 Å². The maximum atomic E-state index is 13.1. The molecule has 5 rings (SSSR count). The largest absolute Gasteiger partial charge is 0.352 e. The molecule has 32 heavy (non-hydrogen) atoms. The van der Waals surface area contributed by atoms with Crippen molar-refractivity contribution in [1.29, 1.82) is 0 Å². The van der Waals surface area contributed by atoms with Crippen molar-refractivity contribution in [2.75, 3.05) is 18.4 Å². The van der Waals surface area contributed by atoms with Crippen LogP contribution in [-0.2, 0) is 28.2 Å². The molecule has 1 amide bonds. The van der Waals surface area contributed by atoms with Crippen molar-refractivity contribution < 1.29 is 9.53 Å². The second-order valence-electron chi connectivity index (χ2n) is 8.89. The number of nitrogens with zero attached hydrogens (tertiary/aromatic N) is 4. The van der Waals surface area contributed by atoms with Crippen LogP contribution in [0.3, 0.4) is 0 Å². The molecule has 2 aliphatic rings. The first-order valence-corrected chi connectivity index (χ1v) is 11.2. The lowest BCUT2D eigenvalue weighted by Gasteiger charge is -2.45. The number of carbonyl (C=O) groups excluding carboxylic acids is 1. The van der Waals surface area contributed by atoms with Gasteiger partial charge in [0.1, 0.15) is 11.4 Å². The lowest BCUT2D eigenvalue weighted by atomic mass is 9.88. The first-order valence-electron chi connectivity index (χ1n) is 11.2. The van der Waals surface area contributed by atoms with Gasteiger partial charge < -0.3 is 14.6 Å². The molecule has 1 saturated heterocycles. The van der Waals surface area contributed by atoms with Crippen molar-refractivity contribution in [3.63, 3.8) is 0 Å². The molecule has 4 heterocycles. The quantitative estimate of drug-likeness (QED) is 0.685. The van der Waals surface area contributed by atoms with Crippen LogP contribution in [0.4, 0.5) is 5.69 Å². The molecule has 2 aromatic heterocycles. The lowest BCUT2D eigenvalue weighted by Crippen LogP contribution is -2.53. The van der Waals surface area contributed by atoms with E-state index in [1.54, 1.807) is 6.20 Å². The van der Waals surface area contributed by atoms with E-state index in [-0.39, 0.29) is 5.91 Å². The number of benzene rings is 1. The second-order valence-corrected chi connectivity index (χ2v) is 8.89. The molecule has 0 aliphatic carbocycles. The van der Waals surface area contributed by atoms with Crippen molar-refractivity contribution in [2.45, 2.75) is 51.5 Å². The van der Waals surface area contributed by atoms with E-state index in [1.807, 2.05) is 31.5 Å². The van der Waals surface area contributed by atoms with Crippen molar-refractivity contribution in [1.82, 2.24) is 19.4 Å².